The van der Waals surface area contributed by atoms with E-state index in [1.165, 1.54) is 12.8 Å². The van der Waals surface area contributed by atoms with Crippen molar-refractivity contribution in [2.45, 2.75) is 26.2 Å². The molecule has 124 valence electrons. The molecule has 1 aromatic rings. The minimum absolute atomic E-state index is 0.289. The Bertz CT molecular complexity index is 756. The zero-order valence-electron chi connectivity index (χ0n) is 13.9. The Hall–Kier alpha value is -2.49. The molecule has 0 aromatic heterocycles. The van der Waals surface area contributed by atoms with Crippen molar-refractivity contribution in [3.05, 3.63) is 60.1 Å². The van der Waals surface area contributed by atoms with Crippen LogP contribution in [-0.2, 0) is 0 Å². The molecule has 1 aliphatic carbocycles. The highest BCUT2D eigenvalue weighted by molar-refractivity contribution is 6.01. The fourth-order valence-electron chi connectivity index (χ4n) is 3.13. The maximum atomic E-state index is 9.87. The van der Waals surface area contributed by atoms with Crippen LogP contribution >= 0.6 is 0 Å². The summed E-state index contributed by atoms with van der Waals surface area (Å²) in [6.07, 6.45) is 12.1. The van der Waals surface area contributed by atoms with Crippen molar-refractivity contribution in [3.8, 4) is 5.75 Å². The van der Waals surface area contributed by atoms with Crippen molar-refractivity contribution in [1.29, 1.82) is 0 Å². The number of rotatable bonds is 3. The number of benzene rings is 1. The van der Waals surface area contributed by atoms with E-state index in [0.29, 0.717) is 5.92 Å². The van der Waals surface area contributed by atoms with Crippen LogP contribution in [0.25, 0.3) is 5.70 Å². The number of nitrogens with one attached hydrogen (secondary N) is 1. The third kappa shape index (κ3) is 3.09. The lowest BCUT2D eigenvalue weighted by molar-refractivity contribution is 0.475. The molecule has 0 saturated heterocycles. The monoisotopic (exact) mass is 321 g/mol. The summed E-state index contributed by atoms with van der Waals surface area (Å²) in [6, 6.07) is 7.45. The number of aromatic hydroxyl groups is 1. The Morgan fingerprint density at radius 2 is 2.17 bits per heavy atom. The molecule has 24 heavy (non-hydrogen) atoms. The first-order valence-electron chi connectivity index (χ1n) is 8.69. The maximum absolute atomic E-state index is 9.87. The first-order chi connectivity index (χ1) is 11.7. The van der Waals surface area contributed by atoms with Gasteiger partial charge in [-0.2, -0.15) is 0 Å². The average molecular weight is 321 g/mol. The number of allylic oxidation sites excluding steroid dienone is 2. The fourth-order valence-corrected chi connectivity index (χ4v) is 3.13. The van der Waals surface area contributed by atoms with Crippen LogP contribution in [0.2, 0.25) is 0 Å². The van der Waals surface area contributed by atoms with Crippen molar-refractivity contribution in [1.82, 2.24) is 10.2 Å². The quantitative estimate of drug-likeness (QED) is 0.889. The Balaban J connectivity index is 1.72. The first-order valence-corrected chi connectivity index (χ1v) is 8.69. The fraction of sp³-hybridized carbons (Fsp3) is 0.350. The third-order valence-electron chi connectivity index (χ3n) is 4.68. The second-order valence-corrected chi connectivity index (χ2v) is 6.87. The number of fused-ring (bicyclic) bond motifs is 1. The highest BCUT2D eigenvalue weighted by Crippen LogP contribution is 2.33. The van der Waals surface area contributed by atoms with Gasteiger partial charge < -0.3 is 15.3 Å². The molecule has 0 bridgehead atoms. The predicted molar refractivity (Wildman–Crippen MR) is 97.1 cm³/mol. The standard InChI is InChI=1S/C20H23N3O/c1-14-5-8-18-20(22-13-15-6-7-15)21-9-10-23(18)19(11-14)16-3-2-4-17(24)12-16/h2-4,8-12,14-15,24H,5-7,13H2,1H3,(H,21,22). The van der Waals surface area contributed by atoms with Gasteiger partial charge in [-0.25, -0.2) is 0 Å². The van der Waals surface area contributed by atoms with Crippen LogP contribution in [0.3, 0.4) is 0 Å². The first kappa shape index (κ1) is 15.1. The number of nitrogens with zero attached hydrogens (tertiary/aromatic N) is 2. The molecule has 1 atom stereocenters. The molecule has 2 heterocycles. The van der Waals surface area contributed by atoms with Gasteiger partial charge in [-0.15, -0.1) is 0 Å². The van der Waals surface area contributed by atoms with Crippen LogP contribution in [0.5, 0.6) is 5.75 Å². The van der Waals surface area contributed by atoms with Crippen LogP contribution in [0, 0.1) is 11.8 Å². The van der Waals surface area contributed by atoms with Crippen molar-refractivity contribution < 1.29 is 5.11 Å². The smallest absolute Gasteiger partial charge is 0.149 e. The van der Waals surface area contributed by atoms with E-state index >= 15 is 0 Å². The number of amidine groups is 1. The van der Waals surface area contributed by atoms with Gasteiger partial charge in [0.25, 0.3) is 0 Å². The highest BCUT2D eigenvalue weighted by Gasteiger charge is 2.26. The summed E-state index contributed by atoms with van der Waals surface area (Å²) in [4.78, 5) is 6.99. The minimum atomic E-state index is 0.289. The molecule has 3 aliphatic rings. The van der Waals surface area contributed by atoms with Gasteiger partial charge in [0.05, 0.1) is 5.70 Å². The summed E-state index contributed by atoms with van der Waals surface area (Å²) >= 11 is 0. The van der Waals surface area contributed by atoms with Gasteiger partial charge in [-0.3, -0.25) is 4.99 Å². The summed E-state index contributed by atoms with van der Waals surface area (Å²) in [5.74, 6) is 2.44. The van der Waals surface area contributed by atoms with E-state index < -0.39 is 0 Å². The van der Waals surface area contributed by atoms with E-state index in [1.54, 1.807) is 6.07 Å². The molecule has 1 unspecified atom stereocenters. The molecule has 0 amide bonds. The average Bonchev–Trinajstić information content (AvgIpc) is 3.41. The van der Waals surface area contributed by atoms with E-state index in [0.717, 1.165) is 41.7 Å². The van der Waals surface area contributed by atoms with Gasteiger partial charge in [-0.1, -0.05) is 31.2 Å². The van der Waals surface area contributed by atoms with Gasteiger partial charge in [-0.05, 0) is 43.2 Å². The molecule has 4 heteroatoms. The van der Waals surface area contributed by atoms with Crippen molar-refractivity contribution in [3.63, 3.8) is 0 Å². The molecule has 1 aromatic carbocycles. The Labute approximate surface area is 142 Å². The number of hydrogen-bond acceptors (Lipinski definition) is 3. The van der Waals surface area contributed by atoms with Crippen LogP contribution in [-0.4, -0.2) is 22.4 Å². The van der Waals surface area contributed by atoms with Gasteiger partial charge in [0.1, 0.15) is 11.6 Å². The summed E-state index contributed by atoms with van der Waals surface area (Å²) in [5.41, 5.74) is 3.22. The molecule has 2 aliphatic heterocycles. The van der Waals surface area contributed by atoms with Gasteiger partial charge >= 0.3 is 0 Å². The number of hydrogen-bond donors (Lipinski definition) is 2. The Morgan fingerprint density at radius 1 is 1.29 bits per heavy atom. The second-order valence-electron chi connectivity index (χ2n) is 6.87. The van der Waals surface area contributed by atoms with Crippen molar-refractivity contribution in [2.75, 3.05) is 6.54 Å². The zero-order chi connectivity index (χ0) is 16.5. The summed E-state index contributed by atoms with van der Waals surface area (Å²) in [5, 5.41) is 13.2. The van der Waals surface area contributed by atoms with Crippen LogP contribution in [0.4, 0.5) is 0 Å². The van der Waals surface area contributed by atoms with Gasteiger partial charge in [0.2, 0.25) is 0 Å². The topological polar surface area (TPSA) is 47.9 Å². The van der Waals surface area contributed by atoms with Crippen LogP contribution in [0.15, 0.2) is 59.5 Å². The lowest BCUT2D eigenvalue weighted by Gasteiger charge is -2.30. The molecule has 1 fully saturated rings. The second kappa shape index (κ2) is 6.19. The van der Waals surface area contributed by atoms with E-state index in [2.05, 4.69) is 29.3 Å². The largest absolute Gasteiger partial charge is 0.508 e. The van der Waals surface area contributed by atoms with Gasteiger partial charge in [0.15, 0.2) is 0 Å². The molecule has 4 rings (SSSR count). The molecular weight excluding hydrogens is 298 g/mol. The predicted octanol–water partition coefficient (Wildman–Crippen LogP) is 3.84. The van der Waals surface area contributed by atoms with E-state index in [4.69, 9.17) is 4.99 Å². The van der Waals surface area contributed by atoms with E-state index in [1.807, 2.05) is 30.6 Å². The number of phenols is 1. The maximum Gasteiger partial charge on any atom is 0.149 e. The van der Waals surface area contributed by atoms with E-state index in [9.17, 15) is 5.11 Å². The summed E-state index contributed by atoms with van der Waals surface area (Å²) in [7, 11) is 0. The third-order valence-corrected chi connectivity index (χ3v) is 4.68. The van der Waals surface area contributed by atoms with Crippen LogP contribution < -0.4 is 5.32 Å². The SMILES string of the molecule is CC1C=C(c2cccc(O)c2)N2C=CNC(=NCC3CC3)C2=CC1. The molecule has 2 N–H and O–H groups in total. The van der Waals surface area contributed by atoms with Crippen molar-refractivity contribution in [2.24, 2.45) is 16.8 Å². The van der Waals surface area contributed by atoms with Crippen molar-refractivity contribution >= 4 is 11.5 Å². The molecule has 0 radical (unpaired) electrons. The van der Waals surface area contributed by atoms with E-state index in [-0.39, 0.29) is 5.75 Å². The normalized spacial score (nSPS) is 24.8. The lowest BCUT2D eigenvalue weighted by Crippen LogP contribution is -2.34. The molecule has 4 nitrogen and oxygen atoms in total. The van der Waals surface area contributed by atoms with Gasteiger partial charge in [0, 0.05) is 30.2 Å². The molecule has 1 saturated carbocycles. The van der Waals surface area contributed by atoms with Crippen LogP contribution in [0.1, 0.15) is 31.7 Å². The number of phenolic OH excluding ortho intramolecular Hbond substituents is 1. The summed E-state index contributed by atoms with van der Waals surface area (Å²) in [6.45, 7) is 3.12. The number of aliphatic imine (C=N–C) groups is 1. The molecule has 0 spiro atoms. The highest BCUT2D eigenvalue weighted by atomic mass is 16.3. The molecular formula is C20H23N3O. The summed E-state index contributed by atoms with van der Waals surface area (Å²) < 4.78 is 0. The Kier molecular flexibility index (Phi) is 3.89. The zero-order valence-corrected chi connectivity index (χ0v) is 13.9. The Morgan fingerprint density at radius 3 is 2.96 bits per heavy atom. The minimum Gasteiger partial charge on any atom is -0.508 e. The lowest BCUT2D eigenvalue weighted by atomic mass is 10.0.